The second kappa shape index (κ2) is 9.62. The minimum atomic E-state index is -0.0417. The minimum absolute atomic E-state index is 0.0417. The Bertz CT molecular complexity index is 1520. The number of benzene rings is 4. The first-order chi connectivity index (χ1) is 18.6. The number of rotatable bonds is 6. The topological polar surface area (TPSA) is 86.0 Å². The van der Waals surface area contributed by atoms with E-state index in [4.69, 9.17) is 19.9 Å². The normalized spacial score (nSPS) is 19.1. The van der Waals surface area contributed by atoms with E-state index in [0.717, 1.165) is 34.4 Å². The van der Waals surface area contributed by atoms with Gasteiger partial charge in [0.2, 0.25) is 0 Å². The van der Waals surface area contributed by atoms with E-state index in [2.05, 4.69) is 47.8 Å². The van der Waals surface area contributed by atoms with Crippen molar-refractivity contribution in [1.82, 2.24) is 0 Å². The molecule has 6 nitrogen and oxygen atoms in total. The van der Waals surface area contributed by atoms with Gasteiger partial charge in [-0.25, -0.2) is 0 Å². The van der Waals surface area contributed by atoms with Crippen molar-refractivity contribution in [2.24, 2.45) is 11.7 Å². The van der Waals surface area contributed by atoms with Gasteiger partial charge < -0.3 is 30.4 Å². The van der Waals surface area contributed by atoms with Crippen LogP contribution in [0.2, 0.25) is 0 Å². The van der Waals surface area contributed by atoms with Gasteiger partial charge >= 0.3 is 0 Å². The number of nitrogens with one attached hydrogen (secondary N) is 1. The molecule has 0 saturated heterocycles. The lowest BCUT2D eigenvalue weighted by Crippen LogP contribution is -2.31. The van der Waals surface area contributed by atoms with Crippen molar-refractivity contribution >= 4 is 5.69 Å². The zero-order chi connectivity index (χ0) is 26.4. The number of ether oxygens (including phenoxy) is 3. The maximum Gasteiger partial charge on any atom is 0.160 e. The van der Waals surface area contributed by atoms with Crippen LogP contribution in [0.4, 0.5) is 5.69 Å². The molecule has 0 saturated carbocycles. The largest absolute Gasteiger partial charge is 0.504 e. The molecule has 1 aliphatic heterocycles. The second-order valence-corrected chi connectivity index (χ2v) is 9.97. The Morgan fingerprint density at radius 3 is 2.39 bits per heavy atom. The molecule has 0 spiro atoms. The summed E-state index contributed by atoms with van der Waals surface area (Å²) in [5, 5.41) is 14.7. The maximum atomic E-state index is 10.9. The molecule has 4 aromatic carbocycles. The summed E-state index contributed by atoms with van der Waals surface area (Å²) in [4.78, 5) is 0. The molecular formula is C32H32N2O4. The summed E-state index contributed by atoms with van der Waals surface area (Å²) in [7, 11) is 4.87. The number of fused-ring (bicyclic) bond motifs is 5. The van der Waals surface area contributed by atoms with Crippen molar-refractivity contribution in [3.05, 3.63) is 101 Å². The Kier molecular flexibility index (Phi) is 6.12. The Morgan fingerprint density at radius 1 is 0.816 bits per heavy atom. The van der Waals surface area contributed by atoms with Gasteiger partial charge in [-0.05, 0) is 76.1 Å². The highest BCUT2D eigenvalue weighted by molar-refractivity contribution is 5.79. The Morgan fingerprint density at radius 2 is 1.63 bits per heavy atom. The van der Waals surface area contributed by atoms with Crippen LogP contribution in [-0.2, 0) is 13.0 Å². The first-order valence-corrected chi connectivity index (χ1v) is 12.9. The fourth-order valence-electron chi connectivity index (χ4n) is 6.30. The Hall–Kier alpha value is -4.16. The third-order valence-electron chi connectivity index (χ3n) is 8.08. The highest BCUT2D eigenvalue weighted by Gasteiger charge is 2.44. The van der Waals surface area contributed by atoms with Gasteiger partial charge in [-0.1, -0.05) is 36.4 Å². The van der Waals surface area contributed by atoms with Gasteiger partial charge in [0.1, 0.15) is 11.5 Å². The first-order valence-electron chi connectivity index (χ1n) is 12.9. The van der Waals surface area contributed by atoms with Crippen LogP contribution in [0.25, 0.3) is 11.1 Å². The summed E-state index contributed by atoms with van der Waals surface area (Å²) in [6, 6.07) is 24.7. The van der Waals surface area contributed by atoms with E-state index < -0.39 is 0 Å². The molecule has 6 heteroatoms. The lowest BCUT2D eigenvalue weighted by Gasteiger charge is -2.39. The molecule has 194 valence electrons. The SMILES string of the molecule is COc1ccc(-c2cc(O)c(OC)cc2C2Nc3ccc(CN)cc3C3c4ccccc4CC23)c(OC)c1. The number of anilines is 1. The predicted octanol–water partition coefficient (Wildman–Crippen LogP) is 6.01. The fourth-order valence-corrected chi connectivity index (χ4v) is 6.30. The molecule has 4 N–H and O–H groups in total. The summed E-state index contributed by atoms with van der Waals surface area (Å²) >= 11 is 0. The lowest BCUT2D eigenvalue weighted by atomic mass is 9.74. The summed E-state index contributed by atoms with van der Waals surface area (Å²) in [6.07, 6.45) is 0.938. The smallest absolute Gasteiger partial charge is 0.160 e. The van der Waals surface area contributed by atoms with Crippen LogP contribution in [0.1, 0.15) is 39.8 Å². The Labute approximate surface area is 223 Å². The van der Waals surface area contributed by atoms with E-state index in [1.165, 1.54) is 16.7 Å². The van der Waals surface area contributed by atoms with Gasteiger partial charge in [-0.15, -0.1) is 0 Å². The molecule has 6 rings (SSSR count). The molecule has 0 amide bonds. The number of nitrogens with two attached hydrogens (primary N) is 1. The molecule has 0 aromatic heterocycles. The molecule has 0 bridgehead atoms. The predicted molar refractivity (Wildman–Crippen MR) is 149 cm³/mol. The number of aromatic hydroxyl groups is 1. The lowest BCUT2D eigenvalue weighted by molar-refractivity contribution is 0.370. The number of phenols is 1. The minimum Gasteiger partial charge on any atom is -0.504 e. The van der Waals surface area contributed by atoms with Crippen molar-refractivity contribution in [2.45, 2.75) is 24.9 Å². The molecule has 3 unspecified atom stereocenters. The number of hydrogen-bond acceptors (Lipinski definition) is 6. The summed E-state index contributed by atoms with van der Waals surface area (Å²) < 4.78 is 16.8. The van der Waals surface area contributed by atoms with E-state index in [1.54, 1.807) is 27.4 Å². The molecule has 38 heavy (non-hydrogen) atoms. The van der Waals surface area contributed by atoms with Gasteiger partial charge in [-0.3, -0.25) is 0 Å². The van der Waals surface area contributed by atoms with Crippen LogP contribution in [0.3, 0.4) is 0 Å². The quantitative estimate of drug-likeness (QED) is 0.296. The molecule has 0 radical (unpaired) electrons. The fraction of sp³-hybridized carbons (Fsp3) is 0.250. The van der Waals surface area contributed by atoms with Gasteiger partial charge in [0.15, 0.2) is 11.5 Å². The van der Waals surface area contributed by atoms with Gasteiger partial charge in [-0.2, -0.15) is 0 Å². The van der Waals surface area contributed by atoms with Crippen LogP contribution in [-0.4, -0.2) is 26.4 Å². The molecule has 3 atom stereocenters. The van der Waals surface area contributed by atoms with Crippen molar-refractivity contribution in [1.29, 1.82) is 0 Å². The average Bonchev–Trinajstić information content (AvgIpc) is 3.36. The maximum absolute atomic E-state index is 10.9. The van der Waals surface area contributed by atoms with E-state index in [9.17, 15) is 5.11 Å². The summed E-state index contributed by atoms with van der Waals surface area (Å²) in [6.45, 7) is 0.506. The van der Waals surface area contributed by atoms with Gasteiger partial charge in [0.05, 0.1) is 27.4 Å². The molecular weight excluding hydrogens is 476 g/mol. The third-order valence-corrected chi connectivity index (χ3v) is 8.08. The van der Waals surface area contributed by atoms with E-state index >= 15 is 0 Å². The van der Waals surface area contributed by atoms with E-state index in [-0.39, 0.29) is 23.6 Å². The van der Waals surface area contributed by atoms with Crippen LogP contribution in [0, 0.1) is 5.92 Å². The molecule has 4 aromatic rings. The van der Waals surface area contributed by atoms with Crippen LogP contribution in [0.15, 0.2) is 72.8 Å². The van der Waals surface area contributed by atoms with Crippen LogP contribution < -0.4 is 25.3 Å². The van der Waals surface area contributed by atoms with Gasteiger partial charge in [0.25, 0.3) is 0 Å². The monoisotopic (exact) mass is 508 g/mol. The van der Waals surface area contributed by atoms with Crippen molar-refractivity contribution < 1.29 is 19.3 Å². The van der Waals surface area contributed by atoms with Crippen LogP contribution >= 0.6 is 0 Å². The highest BCUT2D eigenvalue weighted by atomic mass is 16.5. The summed E-state index contributed by atoms with van der Waals surface area (Å²) in [5.41, 5.74) is 15.1. The van der Waals surface area contributed by atoms with Gasteiger partial charge in [0, 0.05) is 29.8 Å². The number of hydrogen-bond donors (Lipinski definition) is 3. The zero-order valence-electron chi connectivity index (χ0n) is 21.8. The van der Waals surface area contributed by atoms with Crippen molar-refractivity contribution in [3.8, 4) is 34.1 Å². The summed E-state index contributed by atoms with van der Waals surface area (Å²) in [5.74, 6) is 2.38. The number of methoxy groups -OCH3 is 3. The van der Waals surface area contributed by atoms with E-state index in [1.807, 2.05) is 24.3 Å². The number of phenolic OH excluding ortho intramolecular Hbond substituents is 1. The van der Waals surface area contributed by atoms with E-state index in [0.29, 0.717) is 23.8 Å². The average molecular weight is 509 g/mol. The zero-order valence-corrected chi connectivity index (χ0v) is 21.8. The second-order valence-electron chi connectivity index (χ2n) is 9.97. The Balaban J connectivity index is 1.57. The van der Waals surface area contributed by atoms with Crippen LogP contribution in [0.5, 0.6) is 23.0 Å². The standard InChI is InChI=1S/C32H32N2O4/c1-36-20-9-10-22(29(14-20)37-2)23-15-28(35)30(38-3)16-24(23)32-26-13-19-6-4-5-7-21(19)31(26)25-12-18(17-33)8-11-27(25)34-32/h4-12,14-16,26,31-32,34-35H,13,17,33H2,1-3H3. The molecule has 1 heterocycles. The molecule has 2 aliphatic rings. The van der Waals surface area contributed by atoms with Crippen molar-refractivity contribution in [2.75, 3.05) is 26.6 Å². The molecule has 0 fully saturated rings. The van der Waals surface area contributed by atoms with Crippen molar-refractivity contribution in [3.63, 3.8) is 0 Å². The third kappa shape index (κ3) is 3.84. The first kappa shape index (κ1) is 24.2. The highest BCUT2D eigenvalue weighted by Crippen LogP contribution is 2.56. The molecule has 1 aliphatic carbocycles.